The first-order chi connectivity index (χ1) is 13.0. The zero-order valence-electron chi connectivity index (χ0n) is 16.6. The maximum atomic E-state index is 13.5. The van der Waals surface area contributed by atoms with Gasteiger partial charge in [-0.2, -0.15) is 0 Å². The molecule has 6 fully saturated rings. The molecule has 7 nitrogen and oxygen atoms in total. The summed E-state index contributed by atoms with van der Waals surface area (Å²) in [7, 11) is 1.48. The van der Waals surface area contributed by atoms with Gasteiger partial charge >= 0.3 is 0 Å². The molecule has 0 amide bonds. The first-order valence-electron chi connectivity index (χ1n) is 10.2. The Morgan fingerprint density at radius 1 is 1.14 bits per heavy atom. The highest BCUT2D eigenvalue weighted by Crippen LogP contribution is 2.77. The zero-order valence-corrected chi connectivity index (χ0v) is 16.6. The molecule has 6 aliphatic rings. The molecule has 6 rings (SSSR count). The number of aliphatic hydroxyl groups excluding tert-OH is 3. The third kappa shape index (κ3) is 1.62. The summed E-state index contributed by atoms with van der Waals surface area (Å²) in [5.41, 5.74) is -2.90. The van der Waals surface area contributed by atoms with Gasteiger partial charge in [-0.25, -0.2) is 0 Å². The number of fused-ring (bicyclic) bond motifs is 2. The van der Waals surface area contributed by atoms with E-state index in [2.05, 4.69) is 6.58 Å². The Morgan fingerprint density at radius 3 is 2.46 bits per heavy atom. The van der Waals surface area contributed by atoms with Crippen LogP contribution in [0.4, 0.5) is 0 Å². The third-order valence-electron chi connectivity index (χ3n) is 9.01. The molecule has 2 aliphatic heterocycles. The molecule has 2 heterocycles. The van der Waals surface area contributed by atoms with E-state index in [1.165, 1.54) is 7.11 Å². The predicted octanol–water partition coefficient (Wildman–Crippen LogP) is 0.348. The molecular formula is C21H30O7. The highest BCUT2D eigenvalue weighted by molar-refractivity contribution is 6.05. The molecule has 0 aromatic rings. The van der Waals surface area contributed by atoms with Gasteiger partial charge in [-0.15, -0.1) is 0 Å². The van der Waals surface area contributed by atoms with Crippen molar-refractivity contribution in [3.8, 4) is 0 Å². The fourth-order valence-electron chi connectivity index (χ4n) is 8.30. The summed E-state index contributed by atoms with van der Waals surface area (Å²) in [5.74, 6) is -4.73. The fraction of sp³-hybridized carbons (Fsp3) is 0.857. The van der Waals surface area contributed by atoms with Gasteiger partial charge in [0.2, 0.25) is 5.79 Å². The monoisotopic (exact) mass is 394 g/mol. The van der Waals surface area contributed by atoms with Crippen LogP contribution >= 0.6 is 0 Å². The van der Waals surface area contributed by atoms with E-state index >= 15 is 0 Å². The van der Waals surface area contributed by atoms with E-state index in [0.29, 0.717) is 6.42 Å². The Kier molecular flexibility index (Phi) is 3.59. The number of carbonyl (C=O) groups excluding carboxylic acids is 1. The van der Waals surface area contributed by atoms with E-state index < -0.39 is 64.8 Å². The molecular weight excluding hydrogens is 364 g/mol. The lowest BCUT2D eigenvalue weighted by Gasteiger charge is -2.75. The molecule has 0 aromatic carbocycles. The van der Waals surface area contributed by atoms with Crippen molar-refractivity contribution in [1.82, 2.24) is 0 Å². The first kappa shape index (κ1) is 19.2. The number of hydrogen-bond acceptors (Lipinski definition) is 7. The van der Waals surface area contributed by atoms with Crippen molar-refractivity contribution >= 4 is 5.78 Å². The molecule has 2 spiro atoms. The molecule has 2 saturated heterocycles. The Labute approximate surface area is 164 Å². The van der Waals surface area contributed by atoms with Gasteiger partial charge in [0.15, 0.2) is 12.1 Å². The van der Waals surface area contributed by atoms with Gasteiger partial charge in [-0.05, 0) is 30.3 Å². The topological polar surface area (TPSA) is 116 Å². The van der Waals surface area contributed by atoms with Gasteiger partial charge < -0.3 is 29.9 Å². The number of ether oxygens (including phenoxy) is 2. The summed E-state index contributed by atoms with van der Waals surface area (Å²) in [6, 6.07) is 0. The van der Waals surface area contributed by atoms with Crippen molar-refractivity contribution in [3.05, 3.63) is 12.2 Å². The van der Waals surface area contributed by atoms with E-state index in [1.54, 1.807) is 0 Å². The number of carbonyl (C=O) groups is 1. The molecule has 0 aromatic heterocycles. The minimum absolute atomic E-state index is 0.197. The van der Waals surface area contributed by atoms with Crippen LogP contribution in [0.1, 0.15) is 39.5 Å². The Balaban J connectivity index is 1.85. The minimum atomic E-state index is -2.35. The van der Waals surface area contributed by atoms with Crippen molar-refractivity contribution in [1.29, 1.82) is 0 Å². The summed E-state index contributed by atoms with van der Waals surface area (Å²) in [4.78, 5) is 13.5. The van der Waals surface area contributed by atoms with Crippen molar-refractivity contribution in [2.24, 2.45) is 34.0 Å². The van der Waals surface area contributed by atoms with Crippen molar-refractivity contribution < 1.29 is 34.7 Å². The van der Waals surface area contributed by atoms with Gasteiger partial charge in [0.1, 0.15) is 11.5 Å². The van der Waals surface area contributed by atoms with Crippen molar-refractivity contribution in [3.63, 3.8) is 0 Å². The highest BCUT2D eigenvalue weighted by Gasteiger charge is 2.89. The Hall–Kier alpha value is -0.830. The number of hydrogen-bond donors (Lipinski definition) is 4. The molecule has 156 valence electrons. The third-order valence-corrected chi connectivity index (χ3v) is 9.01. The second-order valence-electron chi connectivity index (χ2n) is 10.3. The molecule has 4 bridgehead atoms. The standard InChI is InChI=1S/C21H30O7/c1-9-10-8-11(22)12-19-7-5-6-18(2,3)13(19)16(25)21(26,28-17(19)27-4)20(12,14(9)23)15(10)24/h10-13,15-17,22,24-26H,1,5-8H2,2-4H3. The van der Waals surface area contributed by atoms with Crippen LogP contribution in [0.5, 0.6) is 0 Å². The van der Waals surface area contributed by atoms with Crippen LogP contribution in [-0.4, -0.2) is 63.7 Å². The number of aliphatic hydroxyl groups is 4. The normalized spacial score (nSPS) is 59.2. The van der Waals surface area contributed by atoms with Gasteiger partial charge in [0.05, 0.1) is 12.2 Å². The highest BCUT2D eigenvalue weighted by atomic mass is 16.7. The molecule has 4 saturated carbocycles. The fourth-order valence-corrected chi connectivity index (χ4v) is 8.30. The van der Waals surface area contributed by atoms with Crippen LogP contribution in [0.2, 0.25) is 0 Å². The van der Waals surface area contributed by atoms with E-state index in [4.69, 9.17) is 9.47 Å². The SMILES string of the molecule is C=C1C(=O)C23C(O)C1CC(O)C2C12CCCC(C)(C)C1C(O)C3(O)OC2OC. The van der Waals surface area contributed by atoms with Crippen LogP contribution < -0.4 is 0 Å². The van der Waals surface area contributed by atoms with Gasteiger partial charge in [-0.3, -0.25) is 4.79 Å². The molecule has 7 heteroatoms. The van der Waals surface area contributed by atoms with E-state index in [9.17, 15) is 25.2 Å². The van der Waals surface area contributed by atoms with E-state index in [-0.39, 0.29) is 17.4 Å². The first-order valence-corrected chi connectivity index (χ1v) is 10.2. The molecule has 10 atom stereocenters. The van der Waals surface area contributed by atoms with Gasteiger partial charge in [-0.1, -0.05) is 26.8 Å². The van der Waals surface area contributed by atoms with E-state index in [0.717, 1.165) is 12.8 Å². The Morgan fingerprint density at radius 2 is 1.82 bits per heavy atom. The summed E-state index contributed by atoms with van der Waals surface area (Å²) in [5, 5.41) is 45.8. The number of ketones is 1. The number of Topliss-reactive ketones (excluding diaryl/α,β-unsaturated/α-hetero) is 1. The van der Waals surface area contributed by atoms with Crippen LogP contribution in [0.25, 0.3) is 0 Å². The molecule has 4 aliphatic carbocycles. The molecule has 28 heavy (non-hydrogen) atoms. The number of rotatable bonds is 1. The van der Waals surface area contributed by atoms with Crippen LogP contribution in [0.3, 0.4) is 0 Å². The quantitative estimate of drug-likeness (QED) is 0.474. The number of methoxy groups -OCH3 is 1. The summed E-state index contributed by atoms with van der Waals surface area (Å²) in [6.45, 7) is 7.93. The lowest BCUT2D eigenvalue weighted by molar-refractivity contribution is -0.506. The molecule has 0 radical (unpaired) electrons. The van der Waals surface area contributed by atoms with Crippen LogP contribution in [0, 0.1) is 34.0 Å². The average molecular weight is 394 g/mol. The lowest BCUT2D eigenvalue weighted by Crippen LogP contribution is -2.87. The van der Waals surface area contributed by atoms with Crippen LogP contribution in [-0.2, 0) is 14.3 Å². The van der Waals surface area contributed by atoms with Gasteiger partial charge in [0.25, 0.3) is 0 Å². The minimum Gasteiger partial charge on any atom is -0.393 e. The maximum absolute atomic E-state index is 13.5. The molecule has 10 unspecified atom stereocenters. The second-order valence-corrected chi connectivity index (χ2v) is 10.3. The predicted molar refractivity (Wildman–Crippen MR) is 96.6 cm³/mol. The smallest absolute Gasteiger partial charge is 0.211 e. The van der Waals surface area contributed by atoms with Crippen molar-refractivity contribution in [2.45, 2.75) is 69.9 Å². The maximum Gasteiger partial charge on any atom is 0.211 e. The largest absolute Gasteiger partial charge is 0.393 e. The van der Waals surface area contributed by atoms with Gasteiger partial charge in [0, 0.05) is 30.3 Å². The average Bonchev–Trinajstić information content (AvgIpc) is 2.73. The zero-order chi connectivity index (χ0) is 20.4. The Bertz CT molecular complexity index is 764. The second kappa shape index (κ2) is 5.25. The lowest BCUT2D eigenvalue weighted by atomic mass is 9.35. The summed E-state index contributed by atoms with van der Waals surface area (Å²) in [6.07, 6.45) is -2.05. The van der Waals surface area contributed by atoms with Crippen LogP contribution in [0.15, 0.2) is 12.2 Å². The molecule has 4 N–H and O–H groups in total. The summed E-state index contributed by atoms with van der Waals surface area (Å²) >= 11 is 0. The summed E-state index contributed by atoms with van der Waals surface area (Å²) < 4.78 is 11.6. The van der Waals surface area contributed by atoms with E-state index in [1.807, 2.05) is 13.8 Å². The van der Waals surface area contributed by atoms with Crippen molar-refractivity contribution in [2.75, 3.05) is 7.11 Å².